The molecule has 4 nitrogen and oxygen atoms in total. The highest BCUT2D eigenvalue weighted by Crippen LogP contribution is 2.02. The van der Waals surface area contributed by atoms with Crippen molar-refractivity contribution in [2.75, 3.05) is 18.8 Å². The number of carbonyl (C=O) groups is 1. The summed E-state index contributed by atoms with van der Waals surface area (Å²) >= 11 is 0. The zero-order valence-electron chi connectivity index (χ0n) is 9.02. The summed E-state index contributed by atoms with van der Waals surface area (Å²) in [4.78, 5) is 11.2. The van der Waals surface area contributed by atoms with Crippen molar-refractivity contribution in [1.29, 1.82) is 0 Å². The van der Waals surface area contributed by atoms with Gasteiger partial charge in [-0.25, -0.2) is 0 Å². The van der Waals surface area contributed by atoms with Crippen molar-refractivity contribution in [2.24, 2.45) is 5.73 Å². The lowest BCUT2D eigenvalue weighted by molar-refractivity contribution is -0.118. The van der Waals surface area contributed by atoms with E-state index in [9.17, 15) is 9.00 Å². The second kappa shape index (κ2) is 7.14. The Balaban J connectivity index is 2.34. The number of carbonyl (C=O) groups excluding carboxylic acids is 1. The van der Waals surface area contributed by atoms with E-state index >= 15 is 0 Å². The molecule has 1 aromatic carbocycles. The molecule has 0 saturated heterocycles. The number of nitrogens with two attached hydrogens (primary N) is 1. The van der Waals surface area contributed by atoms with Gasteiger partial charge >= 0.3 is 0 Å². The maximum atomic E-state index is 11.6. The first-order chi connectivity index (χ1) is 7.72. The van der Waals surface area contributed by atoms with Crippen molar-refractivity contribution in [3.63, 3.8) is 0 Å². The molecule has 0 radical (unpaired) electrons. The van der Waals surface area contributed by atoms with Gasteiger partial charge < -0.3 is 11.1 Å². The van der Waals surface area contributed by atoms with Crippen molar-refractivity contribution < 1.29 is 9.00 Å². The summed E-state index contributed by atoms with van der Waals surface area (Å²) in [5.41, 5.74) is 6.22. The predicted octanol–water partition coefficient (Wildman–Crippen LogP) is 0.0102. The molecule has 5 heteroatoms. The van der Waals surface area contributed by atoms with Crippen molar-refractivity contribution in [3.8, 4) is 0 Å². The van der Waals surface area contributed by atoms with E-state index in [4.69, 9.17) is 5.73 Å². The van der Waals surface area contributed by atoms with E-state index in [1.54, 1.807) is 0 Å². The van der Waals surface area contributed by atoms with Crippen LogP contribution in [0.4, 0.5) is 0 Å². The first kappa shape index (κ1) is 12.9. The van der Waals surface area contributed by atoms with E-state index in [1.807, 2.05) is 30.3 Å². The normalized spacial score (nSPS) is 12.1. The van der Waals surface area contributed by atoms with Crippen LogP contribution in [-0.4, -0.2) is 29.0 Å². The molecular formula is C11H16N2O2S. The van der Waals surface area contributed by atoms with Gasteiger partial charge in [0, 0.05) is 29.6 Å². The van der Waals surface area contributed by atoms with Crippen molar-refractivity contribution in [1.82, 2.24) is 5.32 Å². The minimum atomic E-state index is -1.16. The zero-order chi connectivity index (χ0) is 11.8. The molecule has 0 spiro atoms. The van der Waals surface area contributed by atoms with Crippen LogP contribution in [0.25, 0.3) is 0 Å². The lowest BCUT2D eigenvalue weighted by Crippen LogP contribution is -2.32. The fourth-order valence-corrected chi connectivity index (χ4v) is 2.28. The fraction of sp³-hybridized carbons (Fsp3) is 0.364. The fourth-order valence-electron chi connectivity index (χ4n) is 1.22. The van der Waals surface area contributed by atoms with E-state index in [-0.39, 0.29) is 11.7 Å². The monoisotopic (exact) mass is 240 g/mol. The van der Waals surface area contributed by atoms with Crippen LogP contribution in [-0.2, 0) is 21.3 Å². The molecule has 88 valence electrons. The van der Waals surface area contributed by atoms with Gasteiger partial charge in [0.15, 0.2) is 0 Å². The molecule has 1 unspecified atom stereocenters. The topological polar surface area (TPSA) is 72.2 Å². The minimum Gasteiger partial charge on any atom is -0.354 e. The van der Waals surface area contributed by atoms with E-state index in [1.165, 1.54) is 0 Å². The Labute approximate surface area is 97.7 Å². The summed E-state index contributed by atoms with van der Waals surface area (Å²) in [6.07, 6.45) is 0. The molecule has 1 rings (SSSR count). The Morgan fingerprint density at radius 2 is 2.00 bits per heavy atom. The Bertz CT molecular complexity index is 354. The first-order valence-electron chi connectivity index (χ1n) is 5.08. The SMILES string of the molecule is NCCNC(=O)CS(=O)Cc1ccccc1. The predicted molar refractivity (Wildman–Crippen MR) is 65.2 cm³/mol. The molecule has 0 heterocycles. The Morgan fingerprint density at radius 3 is 2.62 bits per heavy atom. The van der Waals surface area contributed by atoms with Crippen LogP contribution < -0.4 is 11.1 Å². The van der Waals surface area contributed by atoms with E-state index in [0.717, 1.165) is 5.56 Å². The molecule has 0 aromatic heterocycles. The average Bonchev–Trinajstić information content (AvgIpc) is 2.27. The molecule has 1 amide bonds. The summed E-state index contributed by atoms with van der Waals surface area (Å²) in [5, 5.41) is 2.59. The minimum absolute atomic E-state index is 0.0366. The van der Waals surface area contributed by atoms with Gasteiger partial charge in [0.25, 0.3) is 0 Å². The second-order valence-corrected chi connectivity index (χ2v) is 4.81. The van der Waals surface area contributed by atoms with Gasteiger partial charge in [-0.1, -0.05) is 30.3 Å². The third-order valence-electron chi connectivity index (χ3n) is 1.93. The first-order valence-corrected chi connectivity index (χ1v) is 6.57. The highest BCUT2D eigenvalue weighted by molar-refractivity contribution is 7.84. The lowest BCUT2D eigenvalue weighted by atomic mass is 10.2. The summed E-state index contributed by atoms with van der Waals surface area (Å²) in [7, 11) is -1.16. The van der Waals surface area contributed by atoms with Crippen LogP contribution >= 0.6 is 0 Å². The Hall–Kier alpha value is -1.20. The largest absolute Gasteiger partial charge is 0.354 e. The van der Waals surface area contributed by atoms with Gasteiger partial charge in [0.2, 0.25) is 5.91 Å². The van der Waals surface area contributed by atoms with Gasteiger partial charge in [0.05, 0.1) is 0 Å². The molecular weight excluding hydrogens is 224 g/mol. The third-order valence-corrected chi connectivity index (χ3v) is 3.17. The van der Waals surface area contributed by atoms with Crippen LogP contribution in [0.3, 0.4) is 0 Å². The number of nitrogens with one attached hydrogen (secondary N) is 1. The van der Waals surface area contributed by atoms with Crippen LogP contribution in [0.5, 0.6) is 0 Å². The summed E-state index contributed by atoms with van der Waals surface area (Å²) in [6.45, 7) is 0.832. The quantitative estimate of drug-likeness (QED) is 0.736. The van der Waals surface area contributed by atoms with Crippen LogP contribution in [0, 0.1) is 0 Å². The molecule has 0 fully saturated rings. The molecule has 0 aliphatic carbocycles. The number of hydrogen-bond acceptors (Lipinski definition) is 3. The molecule has 0 saturated carbocycles. The summed E-state index contributed by atoms with van der Waals surface area (Å²) in [5.74, 6) is 0.242. The van der Waals surface area contributed by atoms with Crippen molar-refractivity contribution in [2.45, 2.75) is 5.75 Å². The van der Waals surface area contributed by atoms with Crippen molar-refractivity contribution >= 4 is 16.7 Å². The second-order valence-electron chi connectivity index (χ2n) is 3.35. The van der Waals surface area contributed by atoms with Crippen molar-refractivity contribution in [3.05, 3.63) is 35.9 Å². The number of benzene rings is 1. The van der Waals surface area contributed by atoms with E-state index < -0.39 is 10.8 Å². The average molecular weight is 240 g/mol. The zero-order valence-corrected chi connectivity index (χ0v) is 9.83. The number of hydrogen-bond donors (Lipinski definition) is 2. The highest BCUT2D eigenvalue weighted by Gasteiger charge is 2.07. The van der Waals surface area contributed by atoms with Gasteiger partial charge in [0.1, 0.15) is 5.75 Å². The van der Waals surface area contributed by atoms with Crippen LogP contribution in [0.15, 0.2) is 30.3 Å². The van der Waals surface area contributed by atoms with E-state index in [2.05, 4.69) is 5.32 Å². The molecule has 1 atom stereocenters. The molecule has 1 aromatic rings. The van der Waals surface area contributed by atoms with Gasteiger partial charge in [-0.05, 0) is 5.56 Å². The molecule has 0 aliphatic rings. The Morgan fingerprint density at radius 1 is 1.31 bits per heavy atom. The van der Waals surface area contributed by atoms with Gasteiger partial charge in [-0.2, -0.15) is 0 Å². The van der Waals surface area contributed by atoms with Gasteiger partial charge in [-0.3, -0.25) is 9.00 Å². The maximum absolute atomic E-state index is 11.6. The standard InChI is InChI=1S/C11H16N2O2S/c12-6-7-13-11(14)9-16(15)8-10-4-2-1-3-5-10/h1-5H,6-9,12H2,(H,13,14). The maximum Gasteiger partial charge on any atom is 0.232 e. The molecule has 16 heavy (non-hydrogen) atoms. The Kier molecular flexibility index (Phi) is 5.74. The lowest BCUT2D eigenvalue weighted by Gasteiger charge is -2.03. The molecule has 0 bridgehead atoms. The van der Waals surface area contributed by atoms with Crippen LogP contribution in [0.2, 0.25) is 0 Å². The summed E-state index contributed by atoms with van der Waals surface area (Å²) < 4.78 is 11.6. The molecule has 0 aliphatic heterocycles. The summed E-state index contributed by atoms with van der Waals surface area (Å²) in [6, 6.07) is 9.48. The highest BCUT2D eigenvalue weighted by atomic mass is 32.2. The molecule has 3 N–H and O–H groups in total. The van der Waals surface area contributed by atoms with Crippen LogP contribution in [0.1, 0.15) is 5.56 Å². The van der Waals surface area contributed by atoms with Gasteiger partial charge in [-0.15, -0.1) is 0 Å². The number of rotatable bonds is 6. The smallest absolute Gasteiger partial charge is 0.232 e. The van der Waals surface area contributed by atoms with E-state index in [0.29, 0.717) is 18.8 Å². The number of amides is 1. The third kappa shape index (κ3) is 5.04.